The number of benzene rings is 4. The number of rotatable bonds is 51. The molecule has 0 radical (unpaired) electrons. The van der Waals surface area contributed by atoms with E-state index in [-0.39, 0.29) is 94.7 Å². The van der Waals surface area contributed by atoms with Crippen LogP contribution in [0.1, 0.15) is 113 Å². The van der Waals surface area contributed by atoms with Gasteiger partial charge in [-0.25, -0.2) is 0 Å². The molecule has 14 atom stereocenters. The first-order valence-corrected chi connectivity index (χ1v) is 38.6. The third-order valence-electron chi connectivity index (χ3n) is 18.4. The van der Waals surface area contributed by atoms with Crippen molar-refractivity contribution < 1.29 is 72.9 Å². The zero-order valence-corrected chi connectivity index (χ0v) is 64.5. The fourth-order valence-electron chi connectivity index (χ4n) is 12.0. The molecule has 608 valence electrons. The molecule has 27 N–H and O–H groups in total. The van der Waals surface area contributed by atoms with Gasteiger partial charge < -0.3 is 113 Å². The lowest BCUT2D eigenvalue weighted by atomic mass is 10.0. The lowest BCUT2D eigenvalue weighted by Crippen LogP contribution is -2.62. The van der Waals surface area contributed by atoms with Crippen LogP contribution in [0.25, 0.3) is 10.9 Å². The molecule has 5 rings (SSSR count). The molecule has 0 aliphatic rings. The number of H-pyrrole nitrogens is 1. The van der Waals surface area contributed by atoms with E-state index in [0.29, 0.717) is 84.6 Å². The van der Waals surface area contributed by atoms with Crippen LogP contribution < -0.4 is 92.9 Å². The van der Waals surface area contributed by atoms with Crippen molar-refractivity contribution in [2.24, 2.45) is 34.4 Å². The Morgan fingerprint density at radius 3 is 1.08 bits per heavy atom. The van der Waals surface area contributed by atoms with Crippen molar-refractivity contribution >= 4 is 107 Å². The SMILES string of the molecule is C[C@@H](O)[C@H](NC(=O)[C@H](CS)NC(=O)[C@@H](NC(=O)[C@H](CCCCN)NC(=O)[C@@H](Cc1c[nH]c2ccccc12)NC(=O)[C@H](Cc1ccccc1)NC(=O)[C@H](CS)NC(=O)[C@@H](Cc1ccccc1)NC(=O)[C@H](CCCCN)NC(=O)[C@H](CCCCN)NC(=O)[C@H](CCCCN)NC(=O)[C@H](N)Cc1ccc(O)cc1)[C@@H](C)O)C(N)=O. The fraction of sp³-hybridized carbons (Fsp3) is 0.500. The van der Waals surface area contributed by atoms with Crippen LogP contribution in [0.15, 0.2) is 115 Å². The quantitative estimate of drug-likeness (QED) is 0.0140. The molecular formula is C76H112N18O15S2. The zero-order valence-electron chi connectivity index (χ0n) is 62.7. The highest BCUT2D eigenvalue weighted by atomic mass is 32.1. The molecule has 0 fully saturated rings. The first-order valence-electron chi connectivity index (χ1n) is 37.3. The second kappa shape index (κ2) is 48.8. The number of carbonyl (C=O) groups excluding carboxylic acids is 12. The number of aromatic nitrogens is 1. The maximum atomic E-state index is 15.2. The molecule has 111 heavy (non-hydrogen) atoms. The van der Waals surface area contributed by atoms with E-state index in [1.807, 2.05) is 0 Å². The van der Waals surface area contributed by atoms with Crippen molar-refractivity contribution in [3.05, 3.63) is 138 Å². The largest absolute Gasteiger partial charge is 0.508 e. The maximum Gasteiger partial charge on any atom is 0.245 e. The van der Waals surface area contributed by atoms with Crippen LogP contribution in [0.4, 0.5) is 0 Å². The van der Waals surface area contributed by atoms with Gasteiger partial charge >= 0.3 is 0 Å². The van der Waals surface area contributed by atoms with Gasteiger partial charge in [-0.15, -0.1) is 0 Å². The zero-order chi connectivity index (χ0) is 81.5. The van der Waals surface area contributed by atoms with Gasteiger partial charge in [0.15, 0.2) is 0 Å². The molecular weight excluding hydrogens is 1470 g/mol. The molecule has 0 aliphatic heterocycles. The highest BCUT2D eigenvalue weighted by Gasteiger charge is 2.38. The summed E-state index contributed by atoms with van der Waals surface area (Å²) in [5.41, 5.74) is 38.1. The number of hydrogen-bond acceptors (Lipinski definition) is 22. The van der Waals surface area contributed by atoms with Gasteiger partial charge in [-0.2, -0.15) is 25.3 Å². The number of aliphatic hydroxyl groups is 2. The smallest absolute Gasteiger partial charge is 0.245 e. The average Bonchev–Trinajstić information content (AvgIpc) is 1.72. The number of amides is 12. The van der Waals surface area contributed by atoms with Crippen molar-refractivity contribution in [3.63, 3.8) is 0 Å². The van der Waals surface area contributed by atoms with Crippen LogP contribution in [-0.4, -0.2) is 214 Å². The Labute approximate surface area is 656 Å². The average molecular weight is 1580 g/mol. The van der Waals surface area contributed by atoms with E-state index >= 15 is 9.59 Å². The molecule has 35 heteroatoms. The van der Waals surface area contributed by atoms with Gasteiger partial charge in [-0.05, 0) is 164 Å². The van der Waals surface area contributed by atoms with E-state index in [1.165, 1.54) is 26.0 Å². The minimum Gasteiger partial charge on any atom is -0.508 e. The third kappa shape index (κ3) is 31.2. The van der Waals surface area contributed by atoms with Gasteiger partial charge in [0, 0.05) is 47.9 Å². The number of para-hydroxylation sites is 1. The maximum absolute atomic E-state index is 15.2. The van der Waals surface area contributed by atoms with E-state index in [0.717, 1.165) is 0 Å². The molecule has 0 unspecified atom stereocenters. The van der Waals surface area contributed by atoms with Gasteiger partial charge in [-0.1, -0.05) is 91.0 Å². The molecule has 1 aromatic heterocycles. The van der Waals surface area contributed by atoms with Gasteiger partial charge in [-0.3, -0.25) is 57.5 Å². The predicted octanol–water partition coefficient (Wildman–Crippen LogP) is -2.57. The molecule has 0 spiro atoms. The highest BCUT2D eigenvalue weighted by molar-refractivity contribution is 7.80. The van der Waals surface area contributed by atoms with Crippen molar-refractivity contribution in [2.75, 3.05) is 37.7 Å². The number of primary amides is 1. The van der Waals surface area contributed by atoms with Crippen LogP contribution in [0, 0.1) is 0 Å². The molecule has 0 saturated heterocycles. The lowest BCUT2D eigenvalue weighted by Gasteiger charge is -2.29. The van der Waals surface area contributed by atoms with E-state index in [1.54, 1.807) is 103 Å². The standard InChI is InChI=1S/C76H112N18O15S2/c1-44(95)63(65(82)98)93-75(108)62(43-111)92-76(109)64(45(2)96)94-70(103)57(28-14-18-36-80)87-73(106)60(40-49-41-83-53-24-10-9-23-51(49)53)90-71(104)58(38-46-19-5-3-6-20-46)89-74(107)61(42-110)91-72(105)59(39-47-21-7-4-8-22-47)88-69(102)56(27-13-17-35-79)86-68(101)55(26-12-16-34-78)85-67(100)54(25-11-15-33-77)84-66(99)52(81)37-48-29-31-50(97)32-30-48/h3-10,19-24,29-32,41,44-45,52,54-64,83,95-97,110-111H,11-18,25-28,33-40,42-43,77-81H2,1-2H3,(H2,82,98)(H,84,99)(H,85,100)(H,86,101)(H,87,106)(H,88,102)(H,89,107)(H,90,104)(H,91,105)(H,92,109)(H,93,108)(H,94,103)/t44-,45-,52-,54+,55+,56+,57+,58+,59-,60-,61+,62+,63+,64+/m1/s1. The van der Waals surface area contributed by atoms with Crippen molar-refractivity contribution in [1.29, 1.82) is 0 Å². The molecule has 12 amide bonds. The van der Waals surface area contributed by atoms with Gasteiger partial charge in [0.1, 0.15) is 72.2 Å². The Kier molecular flexibility index (Phi) is 40.4. The number of phenolic OH excluding ortho intramolecular Hbond substituents is 1. The first kappa shape index (κ1) is 91.9. The third-order valence-corrected chi connectivity index (χ3v) is 19.1. The van der Waals surface area contributed by atoms with Crippen molar-refractivity contribution in [1.82, 2.24) is 63.5 Å². The Bertz CT molecular complexity index is 3810. The monoisotopic (exact) mass is 1580 g/mol. The number of hydrogen-bond donors (Lipinski definition) is 23. The number of carbonyl (C=O) groups is 12. The first-order chi connectivity index (χ1) is 53.1. The predicted molar refractivity (Wildman–Crippen MR) is 425 cm³/mol. The number of nitrogens with two attached hydrogens (primary N) is 6. The van der Waals surface area contributed by atoms with Crippen molar-refractivity contribution in [2.45, 2.75) is 201 Å². The highest BCUT2D eigenvalue weighted by Crippen LogP contribution is 2.21. The van der Waals surface area contributed by atoms with Gasteiger partial charge in [0.05, 0.1) is 18.2 Å². The minimum absolute atomic E-state index is 0.0128. The second-order valence-electron chi connectivity index (χ2n) is 27.3. The summed E-state index contributed by atoms with van der Waals surface area (Å²) in [4.78, 5) is 174. The van der Waals surface area contributed by atoms with Gasteiger partial charge in [0.25, 0.3) is 0 Å². The Hall–Kier alpha value is -9.72. The lowest BCUT2D eigenvalue weighted by molar-refractivity contribution is -0.137. The number of aliphatic hydroxyl groups excluding tert-OH is 2. The minimum atomic E-state index is -1.77. The number of aromatic hydroxyl groups is 1. The van der Waals surface area contributed by atoms with Crippen molar-refractivity contribution in [3.8, 4) is 5.75 Å². The summed E-state index contributed by atoms with van der Waals surface area (Å²) in [5.74, 6) is -11.3. The molecule has 0 bridgehead atoms. The summed E-state index contributed by atoms with van der Waals surface area (Å²) in [6.07, 6.45) is 1.37. The Morgan fingerprint density at radius 2 is 0.685 bits per heavy atom. The number of aromatic amines is 1. The number of nitrogens with one attached hydrogen (secondary N) is 12. The fourth-order valence-corrected chi connectivity index (χ4v) is 12.6. The van der Waals surface area contributed by atoms with Crippen LogP contribution >= 0.6 is 25.3 Å². The van der Waals surface area contributed by atoms with Crippen LogP contribution in [-0.2, 0) is 83.2 Å². The molecule has 1 heterocycles. The summed E-state index contributed by atoms with van der Waals surface area (Å²) in [5, 5.41) is 60.5. The Balaban J connectivity index is 1.43. The van der Waals surface area contributed by atoms with E-state index < -0.39 is 156 Å². The Morgan fingerprint density at radius 1 is 0.369 bits per heavy atom. The molecule has 33 nitrogen and oxygen atoms in total. The summed E-state index contributed by atoms with van der Waals surface area (Å²) in [6.45, 7) is 3.37. The number of phenols is 1. The number of unbranched alkanes of at least 4 members (excludes halogenated alkanes) is 4. The van der Waals surface area contributed by atoms with Gasteiger partial charge in [0.2, 0.25) is 70.9 Å². The normalized spacial score (nSPS) is 15.1. The molecule has 5 aromatic rings. The van der Waals surface area contributed by atoms with E-state index in [2.05, 4.69) is 88.7 Å². The molecule has 0 saturated carbocycles. The number of fused-ring (bicyclic) bond motifs is 1. The second-order valence-corrected chi connectivity index (χ2v) is 28.1. The number of thiol groups is 2. The topological polar surface area (TPSA) is 570 Å². The molecule has 0 aliphatic carbocycles. The summed E-state index contributed by atoms with van der Waals surface area (Å²) in [6, 6.07) is 13.3. The summed E-state index contributed by atoms with van der Waals surface area (Å²) >= 11 is 8.63. The van der Waals surface area contributed by atoms with Crippen LogP contribution in [0.3, 0.4) is 0 Å². The summed E-state index contributed by atoms with van der Waals surface area (Å²) in [7, 11) is 0. The molecule has 4 aromatic carbocycles. The van der Waals surface area contributed by atoms with Crippen LogP contribution in [0.5, 0.6) is 5.75 Å². The van der Waals surface area contributed by atoms with E-state index in [9.17, 15) is 63.3 Å². The van der Waals surface area contributed by atoms with E-state index in [4.69, 9.17) is 34.4 Å². The van der Waals surface area contributed by atoms with Crippen LogP contribution in [0.2, 0.25) is 0 Å². The summed E-state index contributed by atoms with van der Waals surface area (Å²) < 4.78 is 0.